The molecule has 2 aromatic rings. The van der Waals surface area contributed by atoms with Crippen molar-refractivity contribution in [2.24, 2.45) is 0 Å². The van der Waals surface area contributed by atoms with E-state index in [0.29, 0.717) is 12.2 Å². The van der Waals surface area contributed by atoms with Crippen LogP contribution in [0.1, 0.15) is 11.1 Å². The van der Waals surface area contributed by atoms with Crippen LogP contribution in [0.5, 0.6) is 0 Å². The zero-order chi connectivity index (χ0) is 13.9. The number of thiophene rings is 1. The van der Waals surface area contributed by atoms with Gasteiger partial charge in [-0.05, 0) is 47.0 Å². The first-order chi connectivity index (χ1) is 8.97. The van der Waals surface area contributed by atoms with E-state index in [2.05, 4.69) is 21.2 Å². The van der Waals surface area contributed by atoms with E-state index < -0.39 is 11.7 Å². The number of anilines is 1. The van der Waals surface area contributed by atoms with Gasteiger partial charge >= 0.3 is 6.18 Å². The molecule has 0 unspecified atom stereocenters. The minimum atomic E-state index is -4.34. The molecule has 0 amide bonds. The van der Waals surface area contributed by atoms with Crippen LogP contribution in [-0.2, 0) is 12.6 Å². The molecule has 0 atom stereocenters. The maximum atomic E-state index is 12.7. The molecule has 2 rings (SSSR count). The molecule has 0 saturated carbocycles. The summed E-state index contributed by atoms with van der Waals surface area (Å²) in [6, 6.07) is 6.18. The molecule has 1 aromatic heterocycles. The van der Waals surface area contributed by atoms with Gasteiger partial charge in [-0.3, -0.25) is 0 Å². The Morgan fingerprint density at radius 1 is 1.21 bits per heavy atom. The van der Waals surface area contributed by atoms with E-state index in [4.69, 9.17) is 0 Å². The zero-order valence-electron chi connectivity index (χ0n) is 9.80. The lowest BCUT2D eigenvalue weighted by Crippen LogP contribution is -2.09. The third-order valence-electron chi connectivity index (χ3n) is 2.59. The second-order valence-electron chi connectivity index (χ2n) is 4.00. The molecule has 1 aromatic carbocycles. The summed E-state index contributed by atoms with van der Waals surface area (Å²) in [5, 5.41) is 7.02. The molecular formula is C13H11BrF3NS. The molecule has 0 aliphatic heterocycles. The van der Waals surface area contributed by atoms with Crippen LogP contribution in [0.25, 0.3) is 0 Å². The van der Waals surface area contributed by atoms with E-state index in [-0.39, 0.29) is 4.47 Å². The van der Waals surface area contributed by atoms with Gasteiger partial charge in [0.2, 0.25) is 0 Å². The molecule has 102 valence electrons. The fourth-order valence-electron chi connectivity index (χ4n) is 1.64. The van der Waals surface area contributed by atoms with Gasteiger partial charge in [-0.2, -0.15) is 24.5 Å². The number of nitrogens with one attached hydrogen (secondary N) is 1. The monoisotopic (exact) mass is 349 g/mol. The van der Waals surface area contributed by atoms with Crippen molar-refractivity contribution in [1.29, 1.82) is 0 Å². The predicted octanol–water partition coefficient (Wildman–Crippen LogP) is 5.18. The molecule has 6 heteroatoms. The Balaban J connectivity index is 2.01. The topological polar surface area (TPSA) is 12.0 Å². The summed E-state index contributed by atoms with van der Waals surface area (Å²) >= 11 is 4.53. The van der Waals surface area contributed by atoms with Gasteiger partial charge in [0.05, 0.1) is 5.56 Å². The van der Waals surface area contributed by atoms with Crippen LogP contribution in [0.4, 0.5) is 18.9 Å². The van der Waals surface area contributed by atoms with Crippen LogP contribution in [0.3, 0.4) is 0 Å². The first-order valence-electron chi connectivity index (χ1n) is 5.58. The van der Waals surface area contributed by atoms with Gasteiger partial charge in [0, 0.05) is 16.7 Å². The van der Waals surface area contributed by atoms with E-state index in [9.17, 15) is 13.2 Å². The zero-order valence-corrected chi connectivity index (χ0v) is 12.2. The summed E-state index contributed by atoms with van der Waals surface area (Å²) in [5.74, 6) is 0. The lowest BCUT2D eigenvalue weighted by Gasteiger charge is -2.12. The van der Waals surface area contributed by atoms with E-state index in [1.54, 1.807) is 17.4 Å². The van der Waals surface area contributed by atoms with Gasteiger partial charge < -0.3 is 5.32 Å². The van der Waals surface area contributed by atoms with Crippen LogP contribution >= 0.6 is 27.3 Å². The van der Waals surface area contributed by atoms with Gasteiger partial charge in [0.1, 0.15) is 0 Å². The van der Waals surface area contributed by atoms with Gasteiger partial charge in [-0.1, -0.05) is 15.9 Å². The van der Waals surface area contributed by atoms with Gasteiger partial charge in [-0.25, -0.2) is 0 Å². The summed E-state index contributed by atoms with van der Waals surface area (Å²) < 4.78 is 38.2. The molecule has 19 heavy (non-hydrogen) atoms. The Labute approximate surface area is 121 Å². The average molecular weight is 350 g/mol. The highest BCUT2D eigenvalue weighted by atomic mass is 79.9. The number of hydrogen-bond acceptors (Lipinski definition) is 2. The average Bonchev–Trinajstić information content (AvgIpc) is 2.83. The third kappa shape index (κ3) is 3.98. The third-order valence-corrected chi connectivity index (χ3v) is 4.02. The van der Waals surface area contributed by atoms with E-state index in [0.717, 1.165) is 12.5 Å². The molecule has 0 fully saturated rings. The first-order valence-corrected chi connectivity index (χ1v) is 7.32. The molecule has 0 aliphatic carbocycles. The summed E-state index contributed by atoms with van der Waals surface area (Å²) in [6.45, 7) is 0.607. The predicted molar refractivity (Wildman–Crippen MR) is 75.7 cm³/mol. The molecule has 1 nitrogen and oxygen atoms in total. The van der Waals surface area contributed by atoms with Gasteiger partial charge in [0.15, 0.2) is 0 Å². The normalized spacial score (nSPS) is 11.6. The summed E-state index contributed by atoms with van der Waals surface area (Å²) in [5.41, 5.74) is 1.00. The Morgan fingerprint density at radius 2 is 2.00 bits per heavy atom. The van der Waals surface area contributed by atoms with Crippen molar-refractivity contribution in [3.63, 3.8) is 0 Å². The van der Waals surface area contributed by atoms with E-state index in [1.807, 2.05) is 16.8 Å². The summed E-state index contributed by atoms with van der Waals surface area (Å²) in [7, 11) is 0. The summed E-state index contributed by atoms with van der Waals surface area (Å²) in [6.07, 6.45) is -3.55. The Kier molecular flexibility index (Phi) is 4.52. The molecule has 1 N–H and O–H groups in total. The van der Waals surface area contributed by atoms with Crippen LogP contribution < -0.4 is 5.32 Å². The van der Waals surface area contributed by atoms with Crippen LogP contribution in [0.15, 0.2) is 39.5 Å². The SMILES string of the molecule is FC(F)(F)c1cc(NCCc2ccsc2)ccc1Br. The Morgan fingerprint density at radius 3 is 2.63 bits per heavy atom. The smallest absolute Gasteiger partial charge is 0.385 e. The number of halogens is 4. The maximum Gasteiger partial charge on any atom is 0.417 e. The van der Waals surface area contributed by atoms with Crippen molar-refractivity contribution in [2.75, 3.05) is 11.9 Å². The van der Waals surface area contributed by atoms with Crippen LogP contribution in [0, 0.1) is 0 Å². The van der Waals surface area contributed by atoms with E-state index in [1.165, 1.54) is 11.6 Å². The molecular weight excluding hydrogens is 339 g/mol. The van der Waals surface area contributed by atoms with Gasteiger partial charge in [0.25, 0.3) is 0 Å². The molecule has 0 aliphatic rings. The number of rotatable bonds is 4. The Hall–Kier alpha value is -1.01. The highest BCUT2D eigenvalue weighted by molar-refractivity contribution is 9.10. The fourth-order valence-corrected chi connectivity index (χ4v) is 2.81. The number of benzene rings is 1. The second kappa shape index (κ2) is 5.96. The maximum absolute atomic E-state index is 12.7. The highest BCUT2D eigenvalue weighted by Crippen LogP contribution is 2.36. The standard InChI is InChI=1S/C13H11BrF3NS/c14-12-2-1-10(7-11(12)13(15,16)17)18-5-3-9-4-6-19-8-9/h1-2,4,6-8,18H,3,5H2. The lowest BCUT2D eigenvalue weighted by atomic mass is 10.2. The molecule has 0 saturated heterocycles. The van der Waals surface area contributed by atoms with Crippen molar-refractivity contribution >= 4 is 33.0 Å². The minimum absolute atomic E-state index is 0.0587. The minimum Gasteiger partial charge on any atom is -0.385 e. The quantitative estimate of drug-likeness (QED) is 0.801. The number of alkyl halides is 3. The second-order valence-corrected chi connectivity index (χ2v) is 5.64. The van der Waals surface area contributed by atoms with E-state index >= 15 is 0 Å². The van der Waals surface area contributed by atoms with Gasteiger partial charge in [-0.15, -0.1) is 0 Å². The van der Waals surface area contributed by atoms with Crippen LogP contribution in [-0.4, -0.2) is 6.54 Å². The largest absolute Gasteiger partial charge is 0.417 e. The van der Waals surface area contributed by atoms with Crippen molar-refractivity contribution in [3.05, 3.63) is 50.6 Å². The molecule has 0 radical (unpaired) electrons. The van der Waals surface area contributed by atoms with Crippen molar-refractivity contribution in [3.8, 4) is 0 Å². The van der Waals surface area contributed by atoms with Crippen molar-refractivity contribution in [2.45, 2.75) is 12.6 Å². The van der Waals surface area contributed by atoms with Crippen molar-refractivity contribution < 1.29 is 13.2 Å². The number of hydrogen-bond donors (Lipinski definition) is 1. The molecule has 0 spiro atoms. The highest BCUT2D eigenvalue weighted by Gasteiger charge is 2.33. The fraction of sp³-hybridized carbons (Fsp3) is 0.231. The van der Waals surface area contributed by atoms with Crippen LogP contribution in [0.2, 0.25) is 0 Å². The molecule has 1 heterocycles. The van der Waals surface area contributed by atoms with Crippen molar-refractivity contribution in [1.82, 2.24) is 0 Å². The molecule has 0 bridgehead atoms. The lowest BCUT2D eigenvalue weighted by molar-refractivity contribution is -0.138. The summed E-state index contributed by atoms with van der Waals surface area (Å²) in [4.78, 5) is 0. The Bertz CT molecular complexity index is 537. The first kappa shape index (κ1) is 14.4.